The molecule has 0 spiro atoms. The molecule has 5 heteroatoms. The van der Waals surface area contributed by atoms with Gasteiger partial charge in [-0.25, -0.2) is 4.98 Å². The Morgan fingerprint density at radius 1 is 1.48 bits per heavy atom. The molecular formula is C16H27N3O2. The Labute approximate surface area is 127 Å². The lowest BCUT2D eigenvalue weighted by molar-refractivity contribution is -0.160. The van der Waals surface area contributed by atoms with Crippen molar-refractivity contribution >= 4 is 5.97 Å². The molecule has 1 fully saturated rings. The van der Waals surface area contributed by atoms with Crippen molar-refractivity contribution in [2.24, 2.45) is 0 Å². The third-order valence-electron chi connectivity index (χ3n) is 3.71. The minimum atomic E-state index is -0.426. The average molecular weight is 293 g/mol. The van der Waals surface area contributed by atoms with Crippen LogP contribution in [0.1, 0.15) is 59.2 Å². The number of rotatable bonds is 4. The number of likely N-dealkylation sites (tertiary alicyclic amines) is 1. The molecule has 1 aliphatic heterocycles. The van der Waals surface area contributed by atoms with E-state index in [9.17, 15) is 4.79 Å². The molecule has 5 nitrogen and oxygen atoms in total. The fraction of sp³-hybridized carbons (Fsp3) is 0.750. The molecule has 0 saturated carbocycles. The first kappa shape index (κ1) is 16.0. The Kier molecular flexibility index (Phi) is 4.71. The van der Waals surface area contributed by atoms with Gasteiger partial charge in [-0.2, -0.15) is 0 Å². The number of imidazole rings is 1. The van der Waals surface area contributed by atoms with Crippen LogP contribution in [0.2, 0.25) is 0 Å². The molecule has 1 aliphatic rings. The van der Waals surface area contributed by atoms with E-state index in [-0.39, 0.29) is 12.0 Å². The minimum absolute atomic E-state index is 0.101. The summed E-state index contributed by atoms with van der Waals surface area (Å²) in [5.41, 5.74) is 0.728. The molecular weight excluding hydrogens is 266 g/mol. The smallest absolute Gasteiger partial charge is 0.323 e. The van der Waals surface area contributed by atoms with Gasteiger partial charge in [0.25, 0.3) is 0 Å². The van der Waals surface area contributed by atoms with Crippen LogP contribution >= 0.6 is 0 Å². The molecule has 0 aromatic carbocycles. The normalized spacial score (nSPS) is 20.2. The zero-order valence-electron chi connectivity index (χ0n) is 13.8. The highest BCUT2D eigenvalue weighted by Crippen LogP contribution is 2.23. The fourth-order valence-corrected chi connectivity index (χ4v) is 2.78. The summed E-state index contributed by atoms with van der Waals surface area (Å²) in [5, 5.41) is 0. The number of hydrogen-bond donors (Lipinski definition) is 0. The van der Waals surface area contributed by atoms with Crippen molar-refractivity contribution in [3.8, 4) is 0 Å². The quantitative estimate of drug-likeness (QED) is 0.801. The van der Waals surface area contributed by atoms with Crippen LogP contribution < -0.4 is 0 Å². The Hall–Kier alpha value is -1.36. The first-order valence-corrected chi connectivity index (χ1v) is 7.75. The molecule has 2 heterocycles. The molecule has 118 valence electrons. The number of hydrogen-bond acceptors (Lipinski definition) is 4. The maximum absolute atomic E-state index is 12.3. The molecule has 21 heavy (non-hydrogen) atoms. The van der Waals surface area contributed by atoms with Gasteiger partial charge in [0.15, 0.2) is 0 Å². The van der Waals surface area contributed by atoms with E-state index in [0.29, 0.717) is 6.04 Å². The summed E-state index contributed by atoms with van der Waals surface area (Å²) in [7, 11) is 0. The van der Waals surface area contributed by atoms with E-state index in [4.69, 9.17) is 4.74 Å². The number of carbonyl (C=O) groups excluding carboxylic acids is 1. The second-order valence-electron chi connectivity index (χ2n) is 7.05. The predicted molar refractivity (Wildman–Crippen MR) is 81.9 cm³/mol. The fourth-order valence-electron chi connectivity index (χ4n) is 2.78. The van der Waals surface area contributed by atoms with Crippen molar-refractivity contribution in [3.05, 3.63) is 18.2 Å². The number of nitrogens with zero attached hydrogens (tertiary/aromatic N) is 3. The Morgan fingerprint density at radius 3 is 2.81 bits per heavy atom. The van der Waals surface area contributed by atoms with Crippen LogP contribution in [-0.2, 0) is 16.1 Å². The van der Waals surface area contributed by atoms with Crippen LogP contribution in [0.4, 0.5) is 0 Å². The highest BCUT2D eigenvalue weighted by atomic mass is 16.6. The predicted octanol–water partition coefficient (Wildman–Crippen LogP) is 2.77. The number of ether oxygens (including phenoxy) is 1. The lowest BCUT2D eigenvalue weighted by Gasteiger charge is -2.27. The van der Waals surface area contributed by atoms with E-state index in [2.05, 4.69) is 28.3 Å². The van der Waals surface area contributed by atoms with Gasteiger partial charge in [-0.05, 0) is 54.0 Å². The summed E-state index contributed by atoms with van der Waals surface area (Å²) in [6.45, 7) is 11.7. The van der Waals surface area contributed by atoms with Gasteiger partial charge in [-0.3, -0.25) is 9.69 Å². The molecule has 0 N–H and O–H groups in total. The standard InChI is InChI=1S/C16H27N3O2/c1-12(2)19-11-17-9-13(19)10-18-8-6-7-14(18)15(20)21-16(3,4)5/h9,11-12,14H,6-8,10H2,1-5H3/t14-/m0/s1. The van der Waals surface area contributed by atoms with E-state index in [1.165, 1.54) is 0 Å². The second-order valence-corrected chi connectivity index (χ2v) is 7.05. The van der Waals surface area contributed by atoms with Crippen molar-refractivity contribution in [1.82, 2.24) is 14.5 Å². The van der Waals surface area contributed by atoms with Crippen molar-refractivity contribution in [1.29, 1.82) is 0 Å². The summed E-state index contributed by atoms with van der Waals surface area (Å²) < 4.78 is 7.70. The SMILES string of the molecule is CC(C)n1cncc1CN1CCC[C@H]1C(=O)OC(C)(C)C. The summed E-state index contributed by atoms with van der Waals surface area (Å²) in [6.07, 6.45) is 5.67. The van der Waals surface area contributed by atoms with Gasteiger partial charge in [-0.15, -0.1) is 0 Å². The first-order chi connectivity index (χ1) is 9.78. The number of aromatic nitrogens is 2. The van der Waals surface area contributed by atoms with E-state index < -0.39 is 5.60 Å². The Bertz CT molecular complexity index is 488. The molecule has 0 amide bonds. The Morgan fingerprint density at radius 2 is 2.19 bits per heavy atom. The molecule has 0 radical (unpaired) electrons. The summed E-state index contributed by atoms with van der Waals surface area (Å²) >= 11 is 0. The van der Waals surface area contributed by atoms with Crippen molar-refractivity contribution in [3.63, 3.8) is 0 Å². The molecule has 1 aromatic heterocycles. The topological polar surface area (TPSA) is 47.4 Å². The highest BCUT2D eigenvalue weighted by Gasteiger charge is 2.34. The van der Waals surface area contributed by atoms with E-state index in [1.54, 1.807) is 0 Å². The number of esters is 1. The van der Waals surface area contributed by atoms with Gasteiger partial charge in [0, 0.05) is 18.8 Å². The Balaban J connectivity index is 2.05. The molecule has 2 rings (SSSR count). The van der Waals surface area contributed by atoms with Gasteiger partial charge in [0.05, 0.1) is 12.0 Å². The maximum Gasteiger partial charge on any atom is 0.323 e. The second kappa shape index (κ2) is 6.18. The van der Waals surface area contributed by atoms with Crippen LogP contribution in [0.3, 0.4) is 0 Å². The van der Waals surface area contributed by atoms with E-state index in [1.807, 2.05) is 33.3 Å². The van der Waals surface area contributed by atoms with Crippen molar-refractivity contribution in [2.75, 3.05) is 6.54 Å². The van der Waals surface area contributed by atoms with E-state index in [0.717, 1.165) is 31.6 Å². The summed E-state index contributed by atoms with van der Waals surface area (Å²) in [6, 6.07) is 0.254. The van der Waals surface area contributed by atoms with Gasteiger partial charge in [-0.1, -0.05) is 0 Å². The van der Waals surface area contributed by atoms with Crippen molar-refractivity contribution in [2.45, 2.75) is 71.7 Å². The number of carbonyl (C=O) groups is 1. The third-order valence-corrected chi connectivity index (χ3v) is 3.71. The summed E-state index contributed by atoms with van der Waals surface area (Å²) in [5.74, 6) is -0.101. The van der Waals surface area contributed by atoms with Crippen LogP contribution in [-0.4, -0.2) is 38.6 Å². The van der Waals surface area contributed by atoms with Crippen LogP contribution in [0.5, 0.6) is 0 Å². The minimum Gasteiger partial charge on any atom is -0.459 e. The van der Waals surface area contributed by atoms with Gasteiger partial charge in [0.2, 0.25) is 0 Å². The van der Waals surface area contributed by atoms with Crippen LogP contribution in [0.15, 0.2) is 12.5 Å². The van der Waals surface area contributed by atoms with Crippen LogP contribution in [0.25, 0.3) is 0 Å². The van der Waals surface area contributed by atoms with Gasteiger partial charge in [0.1, 0.15) is 11.6 Å². The van der Waals surface area contributed by atoms with Gasteiger partial charge >= 0.3 is 5.97 Å². The van der Waals surface area contributed by atoms with Crippen LogP contribution in [0, 0.1) is 0 Å². The van der Waals surface area contributed by atoms with Crippen molar-refractivity contribution < 1.29 is 9.53 Å². The average Bonchev–Trinajstić information content (AvgIpc) is 2.95. The van der Waals surface area contributed by atoms with E-state index >= 15 is 0 Å². The lowest BCUT2D eigenvalue weighted by atomic mass is 10.1. The third kappa shape index (κ3) is 4.06. The molecule has 0 aliphatic carbocycles. The maximum atomic E-state index is 12.3. The lowest BCUT2D eigenvalue weighted by Crippen LogP contribution is -2.40. The largest absolute Gasteiger partial charge is 0.459 e. The molecule has 0 bridgehead atoms. The van der Waals surface area contributed by atoms with Gasteiger partial charge < -0.3 is 9.30 Å². The first-order valence-electron chi connectivity index (χ1n) is 7.75. The zero-order chi connectivity index (χ0) is 15.6. The molecule has 1 aromatic rings. The molecule has 0 unspecified atom stereocenters. The molecule has 1 saturated heterocycles. The summed E-state index contributed by atoms with van der Waals surface area (Å²) in [4.78, 5) is 18.8. The monoisotopic (exact) mass is 293 g/mol. The molecule has 1 atom stereocenters. The zero-order valence-corrected chi connectivity index (χ0v) is 13.8. The highest BCUT2D eigenvalue weighted by molar-refractivity contribution is 5.76.